The summed E-state index contributed by atoms with van der Waals surface area (Å²) < 4.78 is 0. The average molecular weight is 305 g/mol. The molecule has 0 unspecified atom stereocenters. The zero-order valence-electron chi connectivity index (χ0n) is 12.3. The zero-order valence-corrected chi connectivity index (χ0v) is 13.1. The quantitative estimate of drug-likeness (QED) is 0.874. The topological polar surface area (TPSA) is 44.9 Å². The van der Waals surface area contributed by atoms with Crippen LogP contribution >= 0.6 is 11.6 Å². The highest BCUT2D eigenvalue weighted by Gasteiger charge is 2.22. The lowest BCUT2D eigenvalue weighted by Crippen LogP contribution is -2.28. The fourth-order valence-electron chi connectivity index (χ4n) is 3.14. The maximum absolute atomic E-state index is 12.0. The highest BCUT2D eigenvalue weighted by atomic mass is 35.5. The molecule has 4 heteroatoms. The highest BCUT2D eigenvalue weighted by Crippen LogP contribution is 2.26. The molecule has 0 saturated heterocycles. The first kappa shape index (κ1) is 14.5. The van der Waals surface area contributed by atoms with Crippen LogP contribution < -0.4 is 5.32 Å². The minimum absolute atomic E-state index is 0.193. The third-order valence-electron chi connectivity index (χ3n) is 4.40. The number of aromatic amines is 1. The number of nitrogens with one attached hydrogen (secondary N) is 2. The molecule has 1 aliphatic rings. The number of hydrogen-bond acceptors (Lipinski definition) is 1. The van der Waals surface area contributed by atoms with Gasteiger partial charge in [0.25, 0.3) is 0 Å². The number of benzene rings is 1. The smallest absolute Gasteiger partial charge is 0.223 e. The lowest BCUT2D eigenvalue weighted by atomic mass is 10.1. The van der Waals surface area contributed by atoms with Crippen molar-refractivity contribution in [3.05, 3.63) is 34.5 Å². The minimum atomic E-state index is 0.193. The van der Waals surface area contributed by atoms with Crippen LogP contribution in [0.25, 0.3) is 10.9 Å². The Bertz CT molecular complexity index is 656. The van der Waals surface area contributed by atoms with Crippen molar-refractivity contribution in [1.29, 1.82) is 0 Å². The summed E-state index contributed by atoms with van der Waals surface area (Å²) in [7, 11) is 0. The summed E-state index contributed by atoms with van der Waals surface area (Å²) in [4.78, 5) is 15.4. The second-order valence-corrected chi connectivity index (χ2v) is 6.29. The van der Waals surface area contributed by atoms with Crippen molar-refractivity contribution in [1.82, 2.24) is 10.3 Å². The Balaban J connectivity index is 1.71. The van der Waals surface area contributed by atoms with Gasteiger partial charge >= 0.3 is 0 Å². The van der Waals surface area contributed by atoms with Gasteiger partial charge in [-0.25, -0.2) is 0 Å². The van der Waals surface area contributed by atoms with Gasteiger partial charge in [-0.2, -0.15) is 0 Å². The lowest BCUT2D eigenvalue weighted by Gasteiger charge is -2.09. The number of hydrogen-bond donors (Lipinski definition) is 2. The summed E-state index contributed by atoms with van der Waals surface area (Å²) in [6.45, 7) is 2.65. The van der Waals surface area contributed by atoms with E-state index >= 15 is 0 Å². The maximum Gasteiger partial charge on any atom is 0.223 e. The van der Waals surface area contributed by atoms with Gasteiger partial charge in [0.1, 0.15) is 0 Å². The first-order chi connectivity index (χ1) is 10.2. The molecule has 0 atom stereocenters. The maximum atomic E-state index is 12.0. The number of aromatic nitrogens is 1. The van der Waals surface area contributed by atoms with E-state index in [0.29, 0.717) is 6.54 Å². The van der Waals surface area contributed by atoms with E-state index in [4.69, 9.17) is 11.6 Å². The van der Waals surface area contributed by atoms with Gasteiger partial charge in [-0.05, 0) is 43.0 Å². The van der Waals surface area contributed by atoms with Crippen LogP contribution in [0.15, 0.2) is 18.2 Å². The molecule has 0 bridgehead atoms. The molecule has 21 heavy (non-hydrogen) atoms. The first-order valence-corrected chi connectivity index (χ1v) is 8.13. The van der Waals surface area contributed by atoms with Gasteiger partial charge in [0.05, 0.1) is 6.54 Å². The van der Waals surface area contributed by atoms with E-state index in [9.17, 15) is 4.79 Å². The van der Waals surface area contributed by atoms with E-state index in [1.54, 1.807) is 0 Å². The molecule has 1 aromatic heterocycles. The average Bonchev–Trinajstić information content (AvgIpc) is 3.12. The predicted molar refractivity (Wildman–Crippen MR) is 86.5 cm³/mol. The lowest BCUT2D eigenvalue weighted by molar-refractivity contribution is -0.124. The standard InChI is InChI=1S/C17H21ClN2O/c1-2-11-9-16-13(8-15(11)18)7-14(20-16)10-19-17(21)12-5-3-4-6-12/h7-9,12,20H,2-6,10H2,1H3,(H,19,21). The summed E-state index contributed by atoms with van der Waals surface area (Å²) in [5.74, 6) is 0.411. The van der Waals surface area contributed by atoms with E-state index in [1.165, 1.54) is 12.8 Å². The number of rotatable bonds is 4. The summed E-state index contributed by atoms with van der Waals surface area (Å²) in [6, 6.07) is 6.16. The van der Waals surface area contributed by atoms with Crippen molar-refractivity contribution in [3.63, 3.8) is 0 Å². The van der Waals surface area contributed by atoms with Crippen molar-refractivity contribution in [2.24, 2.45) is 5.92 Å². The highest BCUT2D eigenvalue weighted by molar-refractivity contribution is 6.32. The number of fused-ring (bicyclic) bond motifs is 1. The number of aryl methyl sites for hydroxylation is 1. The molecule has 1 heterocycles. The minimum Gasteiger partial charge on any atom is -0.357 e. The van der Waals surface area contributed by atoms with E-state index in [-0.39, 0.29) is 11.8 Å². The first-order valence-electron chi connectivity index (χ1n) is 7.75. The van der Waals surface area contributed by atoms with Gasteiger partial charge in [0.15, 0.2) is 0 Å². The fraction of sp³-hybridized carbons (Fsp3) is 0.471. The summed E-state index contributed by atoms with van der Waals surface area (Å²) in [5, 5.41) is 4.95. The molecule has 3 nitrogen and oxygen atoms in total. The Morgan fingerprint density at radius 2 is 2.10 bits per heavy atom. The molecule has 1 amide bonds. The number of amides is 1. The van der Waals surface area contributed by atoms with Crippen LogP contribution in [0.3, 0.4) is 0 Å². The molecule has 3 rings (SSSR count). The zero-order chi connectivity index (χ0) is 14.8. The van der Waals surface area contributed by atoms with Crippen LogP contribution in [0.5, 0.6) is 0 Å². The van der Waals surface area contributed by atoms with Crippen LogP contribution in [-0.2, 0) is 17.8 Å². The van der Waals surface area contributed by atoms with Gasteiger partial charge in [-0.3, -0.25) is 4.79 Å². The monoisotopic (exact) mass is 304 g/mol. The molecule has 112 valence electrons. The van der Waals surface area contributed by atoms with Gasteiger partial charge in [-0.1, -0.05) is 31.4 Å². The van der Waals surface area contributed by atoms with Crippen molar-refractivity contribution in [3.8, 4) is 0 Å². The molecule has 2 aromatic rings. The Hall–Kier alpha value is -1.48. The van der Waals surface area contributed by atoms with Crippen LogP contribution in [0.2, 0.25) is 5.02 Å². The number of H-pyrrole nitrogens is 1. The van der Waals surface area contributed by atoms with Crippen LogP contribution in [0.1, 0.15) is 43.9 Å². The third kappa shape index (κ3) is 3.08. The molecule has 1 aromatic carbocycles. The molecular formula is C17H21ClN2O. The predicted octanol–water partition coefficient (Wildman–Crippen LogP) is 4.19. The Morgan fingerprint density at radius 1 is 1.33 bits per heavy atom. The van der Waals surface area contributed by atoms with E-state index in [2.05, 4.69) is 29.4 Å². The van der Waals surface area contributed by atoms with Gasteiger partial charge in [-0.15, -0.1) is 0 Å². The summed E-state index contributed by atoms with van der Waals surface area (Å²) in [5.41, 5.74) is 3.26. The molecule has 1 aliphatic carbocycles. The largest absolute Gasteiger partial charge is 0.357 e. The van der Waals surface area contributed by atoms with Crippen LogP contribution in [0.4, 0.5) is 0 Å². The second-order valence-electron chi connectivity index (χ2n) is 5.88. The number of carbonyl (C=O) groups excluding carboxylic acids is 1. The number of halogens is 1. The van der Waals surface area contributed by atoms with Crippen molar-refractivity contribution in [2.45, 2.75) is 45.6 Å². The van der Waals surface area contributed by atoms with E-state index < -0.39 is 0 Å². The Labute approximate surface area is 130 Å². The molecule has 0 radical (unpaired) electrons. The molecule has 0 aliphatic heterocycles. The van der Waals surface area contributed by atoms with Gasteiger partial charge in [0.2, 0.25) is 5.91 Å². The Morgan fingerprint density at radius 3 is 2.81 bits per heavy atom. The summed E-state index contributed by atoms with van der Waals surface area (Å²) in [6.07, 6.45) is 5.36. The molecule has 1 saturated carbocycles. The molecule has 0 spiro atoms. The van der Waals surface area contributed by atoms with Gasteiger partial charge < -0.3 is 10.3 Å². The van der Waals surface area contributed by atoms with Crippen molar-refractivity contribution < 1.29 is 4.79 Å². The molecule has 2 N–H and O–H groups in total. The summed E-state index contributed by atoms with van der Waals surface area (Å²) >= 11 is 6.24. The van der Waals surface area contributed by atoms with Crippen LogP contribution in [0, 0.1) is 5.92 Å². The third-order valence-corrected chi connectivity index (χ3v) is 4.76. The number of carbonyl (C=O) groups is 1. The molecular weight excluding hydrogens is 284 g/mol. The van der Waals surface area contributed by atoms with E-state index in [0.717, 1.165) is 46.4 Å². The fourth-order valence-corrected chi connectivity index (χ4v) is 3.44. The molecule has 1 fully saturated rings. The second kappa shape index (κ2) is 6.10. The van der Waals surface area contributed by atoms with Crippen molar-refractivity contribution >= 4 is 28.4 Å². The SMILES string of the molecule is CCc1cc2[nH]c(CNC(=O)C3CCCC3)cc2cc1Cl. The van der Waals surface area contributed by atoms with E-state index in [1.807, 2.05) is 6.07 Å². The van der Waals surface area contributed by atoms with Crippen molar-refractivity contribution in [2.75, 3.05) is 0 Å². The Kier molecular flexibility index (Phi) is 4.20. The van der Waals surface area contributed by atoms with Gasteiger partial charge in [0, 0.05) is 27.5 Å². The normalized spacial score (nSPS) is 15.7. The van der Waals surface area contributed by atoms with Crippen LogP contribution in [-0.4, -0.2) is 10.9 Å².